The van der Waals surface area contributed by atoms with Crippen LogP contribution in [0.3, 0.4) is 0 Å². The quantitative estimate of drug-likeness (QED) is 0.555. The van der Waals surface area contributed by atoms with Gasteiger partial charge < -0.3 is 9.64 Å². The zero-order chi connectivity index (χ0) is 26.2. The Morgan fingerprint density at radius 1 is 0.943 bits per heavy atom. The number of sulfonamides is 1. The normalized spacial score (nSPS) is 15.5. The molecule has 9 nitrogen and oxygen atoms in total. The van der Waals surface area contributed by atoms with Crippen LogP contribution in [0.1, 0.15) is 26.3 Å². The molecule has 35 heavy (non-hydrogen) atoms. The Kier molecular flexibility index (Phi) is 7.74. The summed E-state index contributed by atoms with van der Waals surface area (Å²) in [5, 5.41) is 9.43. The van der Waals surface area contributed by atoms with Crippen molar-refractivity contribution in [3.05, 3.63) is 52.0 Å². The van der Waals surface area contributed by atoms with Crippen molar-refractivity contribution in [3.8, 4) is 6.07 Å². The van der Waals surface area contributed by atoms with Gasteiger partial charge in [0.05, 0.1) is 21.4 Å². The van der Waals surface area contributed by atoms with Gasteiger partial charge in [-0.3, -0.25) is 0 Å². The molecule has 0 aromatic heterocycles. The molecule has 0 saturated carbocycles. The second kappa shape index (κ2) is 9.95. The molecular weight excluding hydrogens is 537 g/mol. The number of benzene rings is 2. The van der Waals surface area contributed by atoms with E-state index in [1.54, 1.807) is 20.8 Å². The summed E-state index contributed by atoms with van der Waals surface area (Å²) in [6, 6.07) is 8.83. The summed E-state index contributed by atoms with van der Waals surface area (Å²) in [5.41, 5.74) is -0.733. The number of amides is 1. The Morgan fingerprint density at radius 3 is 2.03 bits per heavy atom. The van der Waals surface area contributed by atoms with Crippen molar-refractivity contribution in [2.45, 2.75) is 41.1 Å². The minimum atomic E-state index is -4.37. The molecule has 1 saturated heterocycles. The van der Waals surface area contributed by atoms with Gasteiger partial charge in [0.2, 0.25) is 19.9 Å². The molecule has 0 atom stereocenters. The maximum atomic E-state index is 13.6. The predicted octanol–water partition coefficient (Wildman–Crippen LogP) is 3.94. The Balaban J connectivity index is 1.99. The first-order valence-electron chi connectivity index (χ1n) is 10.4. The highest BCUT2D eigenvalue weighted by Gasteiger charge is 2.36. The van der Waals surface area contributed by atoms with E-state index in [4.69, 9.17) is 27.9 Å². The minimum Gasteiger partial charge on any atom is -0.444 e. The molecule has 0 unspecified atom stereocenters. The van der Waals surface area contributed by atoms with E-state index in [0.717, 1.165) is 28.6 Å². The fourth-order valence-electron chi connectivity index (χ4n) is 3.39. The van der Waals surface area contributed by atoms with E-state index in [9.17, 15) is 26.9 Å². The van der Waals surface area contributed by atoms with Gasteiger partial charge in [-0.05, 0) is 57.2 Å². The Bertz CT molecular complexity index is 1390. The molecule has 3 rings (SSSR count). The fourth-order valence-corrected chi connectivity index (χ4v) is 7.60. The molecule has 1 aliphatic rings. The maximum Gasteiger partial charge on any atom is 0.410 e. The number of hydrogen-bond donors (Lipinski definition) is 0. The number of piperazine rings is 1. The molecular formula is C22H23Cl2N3O6S2. The third-order valence-corrected chi connectivity index (χ3v) is 9.31. The number of carbonyl (C=O) groups excluding carboxylic acids is 1. The summed E-state index contributed by atoms with van der Waals surface area (Å²) in [6.45, 7) is 5.12. The van der Waals surface area contributed by atoms with Crippen LogP contribution in [0.15, 0.2) is 51.1 Å². The lowest BCUT2D eigenvalue weighted by molar-refractivity contribution is 0.0192. The van der Waals surface area contributed by atoms with Crippen molar-refractivity contribution in [1.29, 1.82) is 5.26 Å². The minimum absolute atomic E-state index is 0.0287. The van der Waals surface area contributed by atoms with E-state index in [1.165, 1.54) is 17.0 Å². The van der Waals surface area contributed by atoms with Gasteiger partial charge in [0.25, 0.3) is 0 Å². The summed E-state index contributed by atoms with van der Waals surface area (Å²) in [4.78, 5) is 12.4. The van der Waals surface area contributed by atoms with Crippen LogP contribution in [-0.2, 0) is 24.6 Å². The molecule has 0 aliphatic carbocycles. The predicted molar refractivity (Wildman–Crippen MR) is 130 cm³/mol. The highest BCUT2D eigenvalue weighted by molar-refractivity contribution is 7.93. The molecule has 2 aromatic rings. The number of nitriles is 1. The molecule has 1 amide bonds. The van der Waals surface area contributed by atoms with Gasteiger partial charge in [-0.1, -0.05) is 23.2 Å². The number of sulfone groups is 1. The highest BCUT2D eigenvalue weighted by Crippen LogP contribution is 2.33. The number of rotatable bonds is 4. The fraction of sp³-hybridized carbons (Fsp3) is 0.364. The lowest BCUT2D eigenvalue weighted by Crippen LogP contribution is -2.51. The van der Waals surface area contributed by atoms with E-state index in [-0.39, 0.29) is 46.7 Å². The van der Waals surface area contributed by atoms with Crippen molar-refractivity contribution in [2.75, 3.05) is 26.2 Å². The molecule has 1 fully saturated rings. The van der Waals surface area contributed by atoms with Crippen molar-refractivity contribution >= 4 is 49.2 Å². The maximum absolute atomic E-state index is 13.6. The lowest BCUT2D eigenvalue weighted by Gasteiger charge is -2.35. The van der Waals surface area contributed by atoms with Crippen molar-refractivity contribution in [3.63, 3.8) is 0 Å². The van der Waals surface area contributed by atoms with E-state index < -0.39 is 41.3 Å². The Labute approximate surface area is 214 Å². The van der Waals surface area contributed by atoms with Crippen LogP contribution < -0.4 is 0 Å². The second-order valence-electron chi connectivity index (χ2n) is 8.75. The Morgan fingerprint density at radius 2 is 1.51 bits per heavy atom. The van der Waals surface area contributed by atoms with Crippen LogP contribution >= 0.6 is 23.2 Å². The van der Waals surface area contributed by atoms with Gasteiger partial charge in [-0.2, -0.15) is 9.57 Å². The number of hydrogen-bond acceptors (Lipinski definition) is 7. The van der Waals surface area contributed by atoms with Crippen molar-refractivity contribution < 1.29 is 26.4 Å². The highest BCUT2D eigenvalue weighted by atomic mass is 35.5. The average molecular weight is 560 g/mol. The van der Waals surface area contributed by atoms with Crippen LogP contribution in [0.5, 0.6) is 0 Å². The zero-order valence-corrected chi connectivity index (χ0v) is 22.3. The number of carbonyl (C=O) groups is 1. The van der Waals surface area contributed by atoms with Gasteiger partial charge in [0, 0.05) is 36.2 Å². The first-order valence-corrected chi connectivity index (χ1v) is 14.1. The van der Waals surface area contributed by atoms with Gasteiger partial charge in [-0.15, -0.1) is 0 Å². The molecule has 1 aliphatic heterocycles. The van der Waals surface area contributed by atoms with Crippen molar-refractivity contribution in [2.24, 2.45) is 0 Å². The third kappa shape index (κ3) is 6.08. The molecule has 2 aromatic carbocycles. The summed E-state index contributed by atoms with van der Waals surface area (Å²) in [5.74, 6) is 0. The van der Waals surface area contributed by atoms with E-state index in [0.29, 0.717) is 0 Å². The van der Waals surface area contributed by atoms with Gasteiger partial charge in [-0.25, -0.2) is 21.6 Å². The lowest BCUT2D eigenvalue weighted by atomic mass is 10.2. The van der Waals surface area contributed by atoms with Gasteiger partial charge in [0.15, 0.2) is 0 Å². The summed E-state index contributed by atoms with van der Waals surface area (Å²) in [7, 11) is -8.74. The Hall–Kier alpha value is -2.36. The van der Waals surface area contributed by atoms with E-state index >= 15 is 0 Å². The first-order chi connectivity index (χ1) is 16.1. The van der Waals surface area contributed by atoms with Crippen molar-refractivity contribution in [1.82, 2.24) is 9.21 Å². The molecule has 0 bridgehead atoms. The summed E-state index contributed by atoms with van der Waals surface area (Å²) in [6.07, 6.45) is -0.567. The van der Waals surface area contributed by atoms with Gasteiger partial charge in [0.1, 0.15) is 10.5 Å². The van der Waals surface area contributed by atoms with Crippen LogP contribution in [0.2, 0.25) is 10.0 Å². The van der Waals surface area contributed by atoms with E-state index in [2.05, 4.69) is 0 Å². The average Bonchev–Trinajstić information content (AvgIpc) is 2.77. The monoisotopic (exact) mass is 559 g/mol. The summed E-state index contributed by atoms with van der Waals surface area (Å²) >= 11 is 11.9. The topological polar surface area (TPSA) is 125 Å². The SMILES string of the molecule is CC(C)(C)OC(=O)N1CCN(S(=O)(=O)c2cc(C#N)ccc2S(=O)(=O)c2cc(Cl)cc(Cl)c2)CC1. The number of ether oxygens (including phenoxy) is 1. The molecule has 1 heterocycles. The van der Waals surface area contributed by atoms with Crippen LogP contribution in [0.25, 0.3) is 0 Å². The zero-order valence-electron chi connectivity index (χ0n) is 19.2. The second-order valence-corrected chi connectivity index (χ2v) is 13.5. The molecule has 13 heteroatoms. The van der Waals surface area contributed by atoms with Gasteiger partial charge >= 0.3 is 6.09 Å². The van der Waals surface area contributed by atoms with Crippen LogP contribution in [0, 0.1) is 11.3 Å². The largest absolute Gasteiger partial charge is 0.444 e. The number of nitrogens with zero attached hydrogens (tertiary/aromatic N) is 3. The summed E-state index contributed by atoms with van der Waals surface area (Å²) < 4.78 is 60.3. The molecule has 0 N–H and O–H groups in total. The smallest absolute Gasteiger partial charge is 0.410 e. The van der Waals surface area contributed by atoms with E-state index in [1.807, 2.05) is 6.07 Å². The van der Waals surface area contributed by atoms with Crippen LogP contribution in [-0.4, -0.2) is 63.9 Å². The standard InChI is InChI=1S/C22H23Cl2N3O6S2/c1-22(2,3)33-21(28)26-6-8-27(9-7-26)35(31,32)20-10-15(14-25)4-5-19(20)34(29,30)18-12-16(23)11-17(24)13-18/h4-5,10-13H,6-9H2,1-3H3. The first kappa shape index (κ1) is 27.2. The van der Waals surface area contributed by atoms with Crippen LogP contribution in [0.4, 0.5) is 4.79 Å². The molecule has 188 valence electrons. The molecule has 0 radical (unpaired) electrons. The third-order valence-electron chi connectivity index (χ3n) is 5.02. The molecule has 0 spiro atoms. The number of halogens is 2.